The first-order valence-electron chi connectivity index (χ1n) is 5.82. The smallest absolute Gasteiger partial charge is 0.309 e. The summed E-state index contributed by atoms with van der Waals surface area (Å²) >= 11 is 5.93. The van der Waals surface area contributed by atoms with Crippen LogP contribution >= 0.6 is 11.6 Å². The van der Waals surface area contributed by atoms with E-state index in [9.17, 15) is 14.3 Å². The van der Waals surface area contributed by atoms with Crippen molar-refractivity contribution in [1.82, 2.24) is 0 Å². The van der Waals surface area contributed by atoms with Crippen molar-refractivity contribution in [3.8, 4) is 0 Å². The fourth-order valence-electron chi connectivity index (χ4n) is 2.37. The molecule has 0 heterocycles. The third-order valence-corrected chi connectivity index (χ3v) is 3.53. The molecule has 0 radical (unpaired) electrons. The second-order valence-electron chi connectivity index (χ2n) is 4.43. The first-order chi connectivity index (χ1) is 8.46. The average Bonchev–Trinajstić information content (AvgIpc) is 2.57. The Hall–Kier alpha value is -1.13. The molecule has 2 rings (SSSR count). The van der Waals surface area contributed by atoms with Gasteiger partial charge in [0.25, 0.3) is 0 Å². The summed E-state index contributed by atoms with van der Waals surface area (Å²) in [4.78, 5) is 11.5. The van der Waals surface area contributed by atoms with E-state index in [0.29, 0.717) is 29.0 Å². The number of fused-ring (bicyclic) bond motifs is 1. The third-order valence-electron chi connectivity index (χ3n) is 3.19. The molecule has 0 aliphatic heterocycles. The van der Waals surface area contributed by atoms with E-state index in [1.165, 1.54) is 12.1 Å². The molecule has 0 fully saturated rings. The van der Waals surface area contributed by atoms with Gasteiger partial charge in [-0.25, -0.2) is 4.39 Å². The molecule has 1 aromatic rings. The van der Waals surface area contributed by atoms with E-state index < -0.39 is 17.4 Å². The van der Waals surface area contributed by atoms with Crippen LogP contribution < -0.4 is 0 Å². The molecule has 1 aliphatic carbocycles. The van der Waals surface area contributed by atoms with Crippen LogP contribution in [0.15, 0.2) is 12.1 Å². The topological polar surface area (TPSA) is 46.5 Å². The number of esters is 1. The van der Waals surface area contributed by atoms with E-state index in [2.05, 4.69) is 0 Å². The molecule has 98 valence electrons. The minimum Gasteiger partial charge on any atom is -0.466 e. The predicted octanol–water partition coefficient (Wildman–Crippen LogP) is 2.57. The largest absolute Gasteiger partial charge is 0.466 e. The van der Waals surface area contributed by atoms with Gasteiger partial charge in [-0.05, 0) is 43.0 Å². The summed E-state index contributed by atoms with van der Waals surface area (Å²) in [5.41, 5.74) is -0.252. The van der Waals surface area contributed by atoms with Crippen LogP contribution in [-0.4, -0.2) is 17.7 Å². The predicted molar refractivity (Wildman–Crippen MR) is 64.9 cm³/mol. The summed E-state index contributed by atoms with van der Waals surface area (Å²) in [5.74, 6) is -1.00. The Balaban J connectivity index is 2.32. The van der Waals surface area contributed by atoms with Gasteiger partial charge in [0, 0.05) is 5.02 Å². The van der Waals surface area contributed by atoms with Gasteiger partial charge in [-0.1, -0.05) is 11.6 Å². The summed E-state index contributed by atoms with van der Waals surface area (Å²) in [5, 5.41) is 10.8. The number of benzene rings is 1. The lowest BCUT2D eigenvalue weighted by molar-refractivity contribution is -0.149. The van der Waals surface area contributed by atoms with Crippen LogP contribution in [0.4, 0.5) is 4.39 Å². The normalized spacial score (nSPS) is 21.8. The number of rotatable bonds is 3. The van der Waals surface area contributed by atoms with Gasteiger partial charge in [-0.15, -0.1) is 0 Å². The Kier molecular flexibility index (Phi) is 3.59. The maximum atomic E-state index is 13.3. The molecule has 0 spiro atoms. The number of carbonyl (C=O) groups is 1. The zero-order chi connectivity index (χ0) is 13.3. The Labute approximate surface area is 110 Å². The van der Waals surface area contributed by atoms with E-state index in [1.54, 1.807) is 6.92 Å². The number of hydrogen-bond acceptors (Lipinski definition) is 3. The molecule has 0 saturated heterocycles. The van der Waals surface area contributed by atoms with Gasteiger partial charge in [0.15, 0.2) is 0 Å². The van der Waals surface area contributed by atoms with E-state index in [0.717, 1.165) is 0 Å². The molecule has 1 atom stereocenters. The summed E-state index contributed by atoms with van der Waals surface area (Å²) in [6.45, 7) is 1.95. The van der Waals surface area contributed by atoms with Crippen LogP contribution in [0.3, 0.4) is 0 Å². The van der Waals surface area contributed by atoms with Crippen molar-refractivity contribution >= 4 is 17.6 Å². The van der Waals surface area contributed by atoms with Crippen molar-refractivity contribution in [3.05, 3.63) is 34.1 Å². The fraction of sp³-hybridized carbons (Fsp3) is 0.462. The van der Waals surface area contributed by atoms with Gasteiger partial charge in [-0.2, -0.15) is 0 Å². The number of halogens is 2. The van der Waals surface area contributed by atoms with Crippen molar-refractivity contribution in [1.29, 1.82) is 0 Å². The Morgan fingerprint density at radius 3 is 3.00 bits per heavy atom. The molecule has 1 aromatic carbocycles. The molecule has 0 saturated carbocycles. The minimum atomic E-state index is -1.37. The second kappa shape index (κ2) is 4.86. The maximum absolute atomic E-state index is 13.3. The van der Waals surface area contributed by atoms with Crippen LogP contribution in [0.2, 0.25) is 5.02 Å². The molecule has 0 amide bonds. The average molecular weight is 273 g/mol. The number of carbonyl (C=O) groups excluding carboxylic acids is 1. The third kappa shape index (κ3) is 2.35. The van der Waals surface area contributed by atoms with E-state index in [-0.39, 0.29) is 13.0 Å². The number of hydrogen-bond donors (Lipinski definition) is 1. The molecule has 18 heavy (non-hydrogen) atoms. The fourth-order valence-corrected chi connectivity index (χ4v) is 2.67. The summed E-state index contributed by atoms with van der Waals surface area (Å²) < 4.78 is 18.2. The van der Waals surface area contributed by atoms with Gasteiger partial charge in [0.05, 0.1) is 13.0 Å². The molecule has 5 heteroatoms. The summed E-state index contributed by atoms with van der Waals surface area (Å²) in [6, 6.07) is 2.46. The van der Waals surface area contributed by atoms with Gasteiger partial charge in [0.1, 0.15) is 11.4 Å². The molecule has 0 bridgehead atoms. The highest BCUT2D eigenvalue weighted by Gasteiger charge is 2.40. The monoisotopic (exact) mass is 272 g/mol. The highest BCUT2D eigenvalue weighted by Crippen LogP contribution is 2.42. The van der Waals surface area contributed by atoms with Gasteiger partial charge < -0.3 is 9.84 Å². The van der Waals surface area contributed by atoms with E-state index in [4.69, 9.17) is 16.3 Å². The molecular formula is C13H14ClFO3. The Morgan fingerprint density at radius 1 is 1.61 bits per heavy atom. The van der Waals surface area contributed by atoms with Crippen LogP contribution in [0, 0.1) is 5.82 Å². The molecule has 1 aliphatic rings. The molecule has 1 N–H and O–H groups in total. The van der Waals surface area contributed by atoms with Crippen LogP contribution in [0.5, 0.6) is 0 Å². The first kappa shape index (κ1) is 13.3. The van der Waals surface area contributed by atoms with Crippen molar-refractivity contribution in [2.75, 3.05) is 6.61 Å². The van der Waals surface area contributed by atoms with Gasteiger partial charge in [0.2, 0.25) is 0 Å². The van der Waals surface area contributed by atoms with Crippen molar-refractivity contribution in [2.24, 2.45) is 0 Å². The lowest BCUT2D eigenvalue weighted by atomic mass is 9.92. The van der Waals surface area contributed by atoms with Crippen LogP contribution in [0.25, 0.3) is 0 Å². The molecular weight excluding hydrogens is 259 g/mol. The van der Waals surface area contributed by atoms with Crippen molar-refractivity contribution < 1.29 is 19.0 Å². The first-order valence-corrected chi connectivity index (χ1v) is 6.20. The summed E-state index contributed by atoms with van der Waals surface area (Å²) in [7, 11) is 0. The minimum absolute atomic E-state index is 0.173. The van der Waals surface area contributed by atoms with Crippen LogP contribution in [-0.2, 0) is 21.6 Å². The second-order valence-corrected chi connectivity index (χ2v) is 4.83. The summed E-state index contributed by atoms with van der Waals surface area (Å²) in [6.07, 6.45) is 0.711. The quantitative estimate of drug-likeness (QED) is 0.860. The van der Waals surface area contributed by atoms with Crippen LogP contribution in [0.1, 0.15) is 30.9 Å². The van der Waals surface area contributed by atoms with Gasteiger partial charge >= 0.3 is 5.97 Å². The Morgan fingerprint density at radius 2 is 2.33 bits per heavy atom. The molecule has 0 aromatic heterocycles. The van der Waals surface area contributed by atoms with Crippen molar-refractivity contribution in [2.45, 2.75) is 31.8 Å². The standard InChI is InChI=1S/C13H14ClFO3/c1-2-18-12(16)7-13(17)4-3-9-10(13)5-8(15)6-11(9)14/h5-6,17H,2-4,7H2,1H3/t13-/m1/s1. The highest BCUT2D eigenvalue weighted by molar-refractivity contribution is 6.31. The highest BCUT2D eigenvalue weighted by atomic mass is 35.5. The Bertz CT molecular complexity index is 489. The molecule has 0 unspecified atom stereocenters. The van der Waals surface area contributed by atoms with E-state index >= 15 is 0 Å². The maximum Gasteiger partial charge on any atom is 0.309 e. The van der Waals surface area contributed by atoms with Gasteiger partial charge in [-0.3, -0.25) is 4.79 Å². The zero-order valence-electron chi connectivity index (χ0n) is 10.0. The van der Waals surface area contributed by atoms with E-state index in [1.807, 2.05) is 0 Å². The molecule has 3 nitrogen and oxygen atoms in total. The zero-order valence-corrected chi connectivity index (χ0v) is 10.8. The number of aliphatic hydroxyl groups is 1. The lowest BCUT2D eigenvalue weighted by Gasteiger charge is -2.23. The lowest BCUT2D eigenvalue weighted by Crippen LogP contribution is -2.27. The van der Waals surface area contributed by atoms with Crippen molar-refractivity contribution in [3.63, 3.8) is 0 Å². The SMILES string of the molecule is CCOC(=O)C[C@]1(O)CCc2c(Cl)cc(F)cc21. The number of ether oxygens (including phenoxy) is 1.